The highest BCUT2D eigenvalue weighted by Crippen LogP contribution is 2.35. The van der Waals surface area contributed by atoms with Crippen LogP contribution in [-0.2, 0) is 0 Å². The average molecular weight is 271 g/mol. The van der Waals surface area contributed by atoms with Crippen molar-refractivity contribution >= 4 is 5.82 Å². The number of nitrogens with two attached hydrogens (primary N) is 1. The Morgan fingerprint density at radius 3 is 2.75 bits per heavy atom. The molecule has 0 aliphatic heterocycles. The highest BCUT2D eigenvalue weighted by molar-refractivity contribution is 5.85. The Kier molecular flexibility index (Phi) is 3.08. The third-order valence-corrected chi connectivity index (χ3v) is 2.82. The van der Waals surface area contributed by atoms with Crippen molar-refractivity contribution < 1.29 is 9.26 Å². The van der Waals surface area contributed by atoms with Gasteiger partial charge in [-0.05, 0) is 24.6 Å². The minimum atomic E-state index is 0.312. The molecule has 3 N–H and O–H groups in total. The number of nitrogens with zero attached hydrogens (tertiary/aromatic N) is 3. The molecule has 0 aliphatic rings. The Bertz CT molecular complexity index is 688. The minimum Gasteiger partial charge on any atom is -0.494 e. The van der Waals surface area contributed by atoms with E-state index in [2.05, 4.69) is 20.6 Å². The smallest absolute Gasteiger partial charge is 0.198 e. The van der Waals surface area contributed by atoms with Gasteiger partial charge in [0.1, 0.15) is 5.75 Å². The van der Waals surface area contributed by atoms with E-state index in [1.165, 1.54) is 0 Å². The molecule has 7 heteroatoms. The summed E-state index contributed by atoms with van der Waals surface area (Å²) in [5, 5.41) is 14.1. The standard InChI is InChI=1S/C13H13N5O2/c1-2-19-9-5-3-8(4-6-9)11-12(20-17-13(11)14)10-7-15-18-16-10/h3-7H,2H2,1H3,(H2,14,17)(H,15,16,18). The number of aromatic nitrogens is 4. The van der Waals surface area contributed by atoms with Gasteiger partial charge in [0, 0.05) is 0 Å². The van der Waals surface area contributed by atoms with Crippen LogP contribution in [0.4, 0.5) is 5.82 Å². The number of aromatic amines is 1. The van der Waals surface area contributed by atoms with E-state index in [1.807, 2.05) is 31.2 Å². The normalized spacial score (nSPS) is 10.7. The molecule has 7 nitrogen and oxygen atoms in total. The molecule has 0 aliphatic carbocycles. The number of nitrogens with one attached hydrogen (secondary N) is 1. The molecule has 2 heterocycles. The van der Waals surface area contributed by atoms with Crippen LogP contribution in [0.15, 0.2) is 35.0 Å². The van der Waals surface area contributed by atoms with Gasteiger partial charge in [0.2, 0.25) is 0 Å². The number of hydrogen-bond acceptors (Lipinski definition) is 6. The van der Waals surface area contributed by atoms with Gasteiger partial charge in [-0.1, -0.05) is 17.3 Å². The van der Waals surface area contributed by atoms with Crippen molar-refractivity contribution in [3.63, 3.8) is 0 Å². The van der Waals surface area contributed by atoms with Crippen LogP contribution in [0.5, 0.6) is 5.75 Å². The summed E-state index contributed by atoms with van der Waals surface area (Å²) in [5.74, 6) is 1.60. The number of nitrogen functional groups attached to an aromatic ring is 1. The quantitative estimate of drug-likeness (QED) is 0.753. The molecule has 0 spiro atoms. The first-order valence-corrected chi connectivity index (χ1v) is 6.14. The second-order valence-corrected chi connectivity index (χ2v) is 4.08. The summed E-state index contributed by atoms with van der Waals surface area (Å²) >= 11 is 0. The van der Waals surface area contributed by atoms with E-state index in [1.54, 1.807) is 6.20 Å². The summed E-state index contributed by atoms with van der Waals surface area (Å²) in [4.78, 5) is 0. The third-order valence-electron chi connectivity index (χ3n) is 2.82. The number of hydrogen-bond donors (Lipinski definition) is 2. The molecular formula is C13H13N5O2. The van der Waals surface area contributed by atoms with Crippen LogP contribution in [0, 0.1) is 0 Å². The van der Waals surface area contributed by atoms with E-state index in [0.717, 1.165) is 11.3 Å². The summed E-state index contributed by atoms with van der Waals surface area (Å²) in [7, 11) is 0. The van der Waals surface area contributed by atoms with Crippen LogP contribution < -0.4 is 10.5 Å². The Labute approximate surface area is 114 Å². The van der Waals surface area contributed by atoms with Crippen molar-refractivity contribution in [2.45, 2.75) is 6.92 Å². The topological polar surface area (TPSA) is 103 Å². The van der Waals surface area contributed by atoms with Gasteiger partial charge in [-0.25, -0.2) is 0 Å². The number of benzene rings is 1. The zero-order chi connectivity index (χ0) is 13.9. The highest BCUT2D eigenvalue weighted by atomic mass is 16.5. The van der Waals surface area contributed by atoms with Crippen LogP contribution in [0.3, 0.4) is 0 Å². The van der Waals surface area contributed by atoms with Crippen LogP contribution in [0.1, 0.15) is 6.92 Å². The van der Waals surface area contributed by atoms with Gasteiger partial charge >= 0.3 is 0 Å². The molecule has 0 atom stereocenters. The van der Waals surface area contributed by atoms with Crippen molar-refractivity contribution in [2.24, 2.45) is 0 Å². The van der Waals surface area contributed by atoms with E-state index >= 15 is 0 Å². The molecule has 0 unspecified atom stereocenters. The van der Waals surface area contributed by atoms with E-state index in [9.17, 15) is 0 Å². The molecule has 102 valence electrons. The second kappa shape index (κ2) is 5.04. The molecule has 0 bridgehead atoms. The Hall–Kier alpha value is -2.83. The minimum absolute atomic E-state index is 0.312. The van der Waals surface area contributed by atoms with Gasteiger partial charge in [0.15, 0.2) is 17.3 Å². The molecule has 20 heavy (non-hydrogen) atoms. The SMILES string of the molecule is CCOc1ccc(-c2c(N)noc2-c2cn[nH]n2)cc1. The molecule has 3 aromatic rings. The molecule has 0 radical (unpaired) electrons. The maximum atomic E-state index is 5.88. The maximum absolute atomic E-state index is 5.88. The van der Waals surface area contributed by atoms with Crippen molar-refractivity contribution in [2.75, 3.05) is 12.3 Å². The highest BCUT2D eigenvalue weighted by Gasteiger charge is 2.19. The lowest BCUT2D eigenvalue weighted by atomic mass is 10.0. The molecule has 3 rings (SSSR count). The summed E-state index contributed by atoms with van der Waals surface area (Å²) < 4.78 is 10.7. The van der Waals surface area contributed by atoms with E-state index in [4.69, 9.17) is 15.0 Å². The molecular weight excluding hydrogens is 258 g/mol. The Morgan fingerprint density at radius 1 is 1.30 bits per heavy atom. The largest absolute Gasteiger partial charge is 0.494 e. The Morgan fingerprint density at radius 2 is 2.10 bits per heavy atom. The second-order valence-electron chi connectivity index (χ2n) is 4.08. The van der Waals surface area contributed by atoms with Gasteiger partial charge in [0.05, 0.1) is 18.4 Å². The van der Waals surface area contributed by atoms with E-state index in [0.29, 0.717) is 29.4 Å². The number of ether oxygens (including phenoxy) is 1. The molecule has 0 fully saturated rings. The fraction of sp³-hybridized carbons (Fsp3) is 0.154. The van der Waals surface area contributed by atoms with Gasteiger partial charge in [0.25, 0.3) is 0 Å². The molecule has 0 saturated heterocycles. The maximum Gasteiger partial charge on any atom is 0.198 e. The number of H-pyrrole nitrogens is 1. The predicted octanol–water partition coefficient (Wildman–Crippen LogP) is 2.11. The predicted molar refractivity (Wildman–Crippen MR) is 72.9 cm³/mol. The van der Waals surface area contributed by atoms with E-state index < -0.39 is 0 Å². The molecule has 1 aromatic carbocycles. The van der Waals surface area contributed by atoms with Crippen LogP contribution in [0.2, 0.25) is 0 Å². The van der Waals surface area contributed by atoms with Gasteiger partial charge in [-0.2, -0.15) is 15.4 Å². The fourth-order valence-corrected chi connectivity index (χ4v) is 1.95. The summed E-state index contributed by atoms with van der Waals surface area (Å²) in [6.45, 7) is 2.56. The van der Waals surface area contributed by atoms with Crippen LogP contribution in [0.25, 0.3) is 22.6 Å². The zero-order valence-corrected chi connectivity index (χ0v) is 10.8. The monoisotopic (exact) mass is 271 g/mol. The van der Waals surface area contributed by atoms with Gasteiger partial charge in [-0.3, -0.25) is 0 Å². The van der Waals surface area contributed by atoms with Crippen molar-refractivity contribution in [1.29, 1.82) is 0 Å². The average Bonchev–Trinajstić information content (AvgIpc) is 3.09. The van der Waals surface area contributed by atoms with Crippen molar-refractivity contribution in [3.05, 3.63) is 30.5 Å². The molecule has 0 amide bonds. The first-order valence-electron chi connectivity index (χ1n) is 6.14. The van der Waals surface area contributed by atoms with Crippen LogP contribution >= 0.6 is 0 Å². The molecule has 2 aromatic heterocycles. The van der Waals surface area contributed by atoms with Crippen LogP contribution in [-0.4, -0.2) is 27.2 Å². The lowest BCUT2D eigenvalue weighted by Gasteiger charge is -2.04. The lowest BCUT2D eigenvalue weighted by molar-refractivity contribution is 0.340. The van der Waals surface area contributed by atoms with Crippen molar-refractivity contribution in [3.8, 4) is 28.3 Å². The first-order chi connectivity index (χ1) is 9.79. The summed E-state index contributed by atoms with van der Waals surface area (Å²) in [6, 6.07) is 7.55. The fourth-order valence-electron chi connectivity index (χ4n) is 1.95. The number of anilines is 1. The summed E-state index contributed by atoms with van der Waals surface area (Å²) in [5.41, 5.74) is 8.01. The third kappa shape index (κ3) is 2.09. The van der Waals surface area contributed by atoms with Gasteiger partial charge < -0.3 is 15.0 Å². The summed E-state index contributed by atoms with van der Waals surface area (Å²) in [6.07, 6.45) is 1.55. The zero-order valence-electron chi connectivity index (χ0n) is 10.8. The first kappa shape index (κ1) is 12.2. The van der Waals surface area contributed by atoms with E-state index in [-0.39, 0.29) is 0 Å². The molecule has 0 saturated carbocycles. The Balaban J connectivity index is 2.03. The van der Waals surface area contributed by atoms with Crippen molar-refractivity contribution in [1.82, 2.24) is 20.6 Å². The van der Waals surface area contributed by atoms with Gasteiger partial charge in [-0.15, -0.1) is 0 Å². The number of rotatable bonds is 4. The lowest BCUT2D eigenvalue weighted by Crippen LogP contribution is -1.92.